The number of hydrogen-bond donors (Lipinski definition) is 1. The zero-order valence-corrected chi connectivity index (χ0v) is 18.5. The van der Waals surface area contributed by atoms with Gasteiger partial charge in [-0.15, -0.1) is 11.6 Å². The van der Waals surface area contributed by atoms with Gasteiger partial charge in [-0.1, -0.05) is 18.2 Å². The number of rotatable bonds is 10. The van der Waals surface area contributed by atoms with Crippen LogP contribution in [0.25, 0.3) is 0 Å². The van der Waals surface area contributed by atoms with E-state index in [2.05, 4.69) is 0 Å². The summed E-state index contributed by atoms with van der Waals surface area (Å²) < 4.78 is 49.3. The average Bonchev–Trinajstić information content (AvgIpc) is 2.94. The second-order valence-corrected chi connectivity index (χ2v) is 8.68. The van der Waals surface area contributed by atoms with Crippen LogP contribution < -0.4 is 4.74 Å². The highest BCUT2D eigenvalue weighted by molar-refractivity contribution is 6.21. The molecule has 4 nitrogen and oxygen atoms in total. The number of aliphatic hydroxyl groups is 1. The Morgan fingerprint density at radius 3 is 2.71 bits per heavy atom. The van der Waals surface area contributed by atoms with Crippen LogP contribution in [0.1, 0.15) is 51.5 Å². The molecule has 31 heavy (non-hydrogen) atoms. The number of hydrogen-bond acceptors (Lipinski definition) is 4. The van der Waals surface area contributed by atoms with Gasteiger partial charge in [-0.25, -0.2) is 0 Å². The molecular formula is C23H30ClF3O4. The van der Waals surface area contributed by atoms with Crippen LogP contribution in [-0.2, 0) is 15.7 Å². The minimum Gasteiger partial charge on any atom is -0.493 e. The highest BCUT2D eigenvalue weighted by Gasteiger charge is 2.41. The molecule has 0 aliphatic heterocycles. The van der Waals surface area contributed by atoms with Crippen LogP contribution in [0.3, 0.4) is 0 Å². The van der Waals surface area contributed by atoms with Crippen LogP contribution in [0, 0.1) is 11.8 Å². The fourth-order valence-corrected chi connectivity index (χ4v) is 4.18. The predicted molar refractivity (Wildman–Crippen MR) is 113 cm³/mol. The van der Waals surface area contributed by atoms with Crippen molar-refractivity contribution in [1.82, 2.24) is 0 Å². The first-order valence-corrected chi connectivity index (χ1v) is 11.0. The Morgan fingerprint density at radius 2 is 2.03 bits per heavy atom. The number of benzene rings is 1. The van der Waals surface area contributed by atoms with Gasteiger partial charge in [-0.2, -0.15) is 13.2 Å². The average molecular weight is 463 g/mol. The highest BCUT2D eigenvalue weighted by Crippen LogP contribution is 2.39. The molecule has 1 aromatic rings. The summed E-state index contributed by atoms with van der Waals surface area (Å²) in [7, 11) is 0. The van der Waals surface area contributed by atoms with Crippen LogP contribution in [-0.4, -0.2) is 35.3 Å². The van der Waals surface area contributed by atoms with Gasteiger partial charge in [0.25, 0.3) is 0 Å². The van der Waals surface area contributed by atoms with Crippen LogP contribution in [0.5, 0.6) is 5.75 Å². The Bertz CT molecular complexity index is 736. The van der Waals surface area contributed by atoms with Gasteiger partial charge in [0.1, 0.15) is 5.75 Å². The van der Waals surface area contributed by atoms with Crippen LogP contribution in [0.15, 0.2) is 36.4 Å². The maximum Gasteiger partial charge on any atom is 0.416 e. The van der Waals surface area contributed by atoms with E-state index in [4.69, 9.17) is 21.1 Å². The number of halogens is 4. The van der Waals surface area contributed by atoms with Gasteiger partial charge in [-0.05, 0) is 63.6 Å². The molecule has 8 heteroatoms. The first-order valence-electron chi connectivity index (χ1n) is 10.5. The van der Waals surface area contributed by atoms with Crippen molar-refractivity contribution in [3.63, 3.8) is 0 Å². The molecule has 0 radical (unpaired) electrons. The second-order valence-electron chi connectivity index (χ2n) is 8.12. The summed E-state index contributed by atoms with van der Waals surface area (Å²) in [5, 5.41) is 10.1. The fourth-order valence-electron chi connectivity index (χ4n) is 3.70. The number of carbonyl (C=O) groups is 1. The molecule has 1 N–H and O–H groups in total. The largest absolute Gasteiger partial charge is 0.493 e. The van der Waals surface area contributed by atoms with Gasteiger partial charge in [0.05, 0.1) is 24.4 Å². The molecule has 0 spiro atoms. The Hall–Kier alpha value is -1.73. The smallest absolute Gasteiger partial charge is 0.416 e. The third kappa shape index (κ3) is 8.37. The third-order valence-electron chi connectivity index (χ3n) is 5.27. The van der Waals surface area contributed by atoms with Gasteiger partial charge in [0.15, 0.2) is 0 Å². The molecule has 4 atom stereocenters. The Kier molecular flexibility index (Phi) is 9.69. The van der Waals surface area contributed by atoms with Crippen molar-refractivity contribution in [1.29, 1.82) is 0 Å². The lowest BCUT2D eigenvalue weighted by atomic mass is 9.92. The van der Waals surface area contributed by atoms with Gasteiger partial charge in [-0.3, -0.25) is 4.79 Å². The Balaban J connectivity index is 1.84. The molecule has 0 unspecified atom stereocenters. The van der Waals surface area contributed by atoms with Crippen molar-refractivity contribution in [2.75, 3.05) is 6.61 Å². The minimum absolute atomic E-state index is 0.0513. The van der Waals surface area contributed by atoms with Crippen molar-refractivity contribution >= 4 is 17.6 Å². The van der Waals surface area contributed by atoms with E-state index in [1.165, 1.54) is 12.1 Å². The lowest BCUT2D eigenvalue weighted by molar-refractivity contribution is -0.147. The summed E-state index contributed by atoms with van der Waals surface area (Å²) in [6.07, 6.45) is 1.52. The zero-order valence-electron chi connectivity index (χ0n) is 17.8. The van der Waals surface area contributed by atoms with E-state index in [-0.39, 0.29) is 41.6 Å². The van der Waals surface area contributed by atoms with E-state index in [0.29, 0.717) is 25.7 Å². The number of carbonyl (C=O) groups excluding carboxylic acids is 1. The van der Waals surface area contributed by atoms with Gasteiger partial charge in [0.2, 0.25) is 0 Å². The molecular weight excluding hydrogens is 433 g/mol. The molecule has 1 aliphatic rings. The number of allylic oxidation sites excluding steroid dienone is 2. The van der Waals surface area contributed by atoms with Crippen LogP contribution in [0.4, 0.5) is 13.2 Å². The lowest BCUT2D eigenvalue weighted by Crippen LogP contribution is -2.27. The van der Waals surface area contributed by atoms with E-state index in [1.807, 2.05) is 26.0 Å². The lowest BCUT2D eigenvalue weighted by Gasteiger charge is -2.23. The summed E-state index contributed by atoms with van der Waals surface area (Å²) in [5.74, 6) is -0.426. The molecule has 1 fully saturated rings. The zero-order chi connectivity index (χ0) is 23.0. The molecule has 2 rings (SSSR count). The quantitative estimate of drug-likeness (QED) is 0.208. The number of ether oxygens (including phenoxy) is 2. The van der Waals surface area contributed by atoms with E-state index in [1.54, 1.807) is 0 Å². The summed E-state index contributed by atoms with van der Waals surface area (Å²) in [6, 6.07) is 4.71. The SMILES string of the molecule is CC(C)OC(=O)CCC/C=C\C[C@@H]1[C@@H](COc2cccc(C(F)(F)F)c2)[C@H](O)C[C@@H]1Cl. The molecule has 0 bridgehead atoms. The second kappa shape index (κ2) is 11.8. The summed E-state index contributed by atoms with van der Waals surface area (Å²) in [5.41, 5.74) is -0.774. The first kappa shape index (κ1) is 25.5. The standard InChI is InChI=1S/C23H30ClF3O4/c1-15(2)31-22(29)11-6-4-3-5-10-18-19(21(28)13-20(18)24)14-30-17-9-7-8-16(12-17)23(25,26)27/h3,5,7-9,12,15,18-21,28H,4,6,10-11,13-14H2,1-2H3/b5-3-/t18-,19-,20+,21-/m1/s1. The number of alkyl halides is 4. The monoisotopic (exact) mass is 462 g/mol. The minimum atomic E-state index is -4.44. The first-order chi connectivity index (χ1) is 14.6. The molecule has 1 aliphatic carbocycles. The molecule has 0 heterocycles. The van der Waals surface area contributed by atoms with Crippen molar-refractivity contribution < 1.29 is 32.5 Å². The summed E-state index contributed by atoms with van der Waals surface area (Å²) in [4.78, 5) is 11.5. The van der Waals surface area contributed by atoms with Crippen molar-refractivity contribution in [2.45, 2.75) is 69.7 Å². The van der Waals surface area contributed by atoms with Crippen LogP contribution in [0.2, 0.25) is 0 Å². The van der Waals surface area contributed by atoms with Gasteiger partial charge in [0, 0.05) is 17.7 Å². The number of aliphatic hydroxyl groups excluding tert-OH is 1. The van der Waals surface area contributed by atoms with Gasteiger partial charge < -0.3 is 14.6 Å². The summed E-state index contributed by atoms with van der Waals surface area (Å²) in [6.45, 7) is 3.71. The number of unbranched alkanes of at least 4 members (excludes halogenated alkanes) is 1. The highest BCUT2D eigenvalue weighted by atomic mass is 35.5. The van der Waals surface area contributed by atoms with Crippen molar-refractivity contribution in [3.05, 3.63) is 42.0 Å². The number of esters is 1. The predicted octanol–water partition coefficient (Wildman–Crippen LogP) is 5.76. The van der Waals surface area contributed by atoms with E-state index < -0.39 is 17.8 Å². The molecule has 174 valence electrons. The topological polar surface area (TPSA) is 55.8 Å². The molecule has 0 saturated heterocycles. The molecule has 1 aromatic carbocycles. The third-order valence-corrected chi connectivity index (χ3v) is 5.77. The van der Waals surface area contributed by atoms with Gasteiger partial charge >= 0.3 is 12.1 Å². The summed E-state index contributed by atoms with van der Waals surface area (Å²) >= 11 is 6.41. The Labute approximate surface area is 186 Å². The van der Waals surface area contributed by atoms with E-state index in [9.17, 15) is 23.1 Å². The molecule has 1 saturated carbocycles. The van der Waals surface area contributed by atoms with E-state index >= 15 is 0 Å². The maximum absolute atomic E-state index is 12.9. The molecule has 0 aromatic heterocycles. The fraction of sp³-hybridized carbons (Fsp3) is 0.609. The Morgan fingerprint density at radius 1 is 1.29 bits per heavy atom. The maximum atomic E-state index is 12.9. The van der Waals surface area contributed by atoms with Crippen LogP contribution >= 0.6 is 11.6 Å². The molecule has 0 amide bonds. The normalized spacial score (nSPS) is 24.1. The van der Waals surface area contributed by atoms with Crippen molar-refractivity contribution in [3.8, 4) is 5.75 Å². The van der Waals surface area contributed by atoms with E-state index in [0.717, 1.165) is 18.6 Å². The van der Waals surface area contributed by atoms with Crippen molar-refractivity contribution in [2.24, 2.45) is 11.8 Å².